The van der Waals surface area contributed by atoms with Crippen LogP contribution in [0, 0.1) is 0 Å². The largest absolute Gasteiger partial charge is 0.493 e. The van der Waals surface area contributed by atoms with Crippen molar-refractivity contribution in [2.45, 2.75) is 13.2 Å². The minimum Gasteiger partial charge on any atom is -0.493 e. The van der Waals surface area contributed by atoms with E-state index in [2.05, 4.69) is 20.9 Å². The van der Waals surface area contributed by atoms with E-state index in [1.165, 1.54) is 25.6 Å². The van der Waals surface area contributed by atoms with Gasteiger partial charge in [0.1, 0.15) is 18.2 Å². The highest BCUT2D eigenvalue weighted by molar-refractivity contribution is 9.10. The van der Waals surface area contributed by atoms with E-state index in [0.29, 0.717) is 62.4 Å². The SMILES string of the molecule is COC(=O)c1cc(OCc2ccccc2)c(OC)cc1-c1nccs1.COC(=O)c1cc(OCc2ccccc2)c(OC)cc1Br. The van der Waals surface area contributed by atoms with Crippen LogP contribution in [0.1, 0.15) is 31.8 Å². The van der Waals surface area contributed by atoms with Gasteiger partial charge in [0.25, 0.3) is 0 Å². The molecule has 9 nitrogen and oxygen atoms in total. The Morgan fingerprint density at radius 3 is 1.65 bits per heavy atom. The molecule has 0 fully saturated rings. The number of methoxy groups -OCH3 is 4. The lowest BCUT2D eigenvalue weighted by Crippen LogP contribution is -2.06. The van der Waals surface area contributed by atoms with Crippen molar-refractivity contribution in [3.05, 3.63) is 123 Å². The minimum absolute atomic E-state index is 0.369. The molecule has 238 valence electrons. The van der Waals surface area contributed by atoms with E-state index in [4.69, 9.17) is 28.4 Å². The third kappa shape index (κ3) is 8.86. The summed E-state index contributed by atoms with van der Waals surface area (Å²) in [6.45, 7) is 0.758. The minimum atomic E-state index is -0.447. The van der Waals surface area contributed by atoms with E-state index in [1.54, 1.807) is 44.7 Å². The van der Waals surface area contributed by atoms with Gasteiger partial charge in [-0.15, -0.1) is 11.3 Å². The third-order valence-electron chi connectivity index (χ3n) is 6.50. The first-order valence-corrected chi connectivity index (χ1v) is 15.5. The monoisotopic (exact) mass is 705 g/mol. The van der Waals surface area contributed by atoms with Gasteiger partial charge in [0.05, 0.1) is 39.6 Å². The van der Waals surface area contributed by atoms with E-state index >= 15 is 0 Å². The molecular weight excluding hydrogens is 674 g/mol. The molecule has 0 saturated heterocycles. The van der Waals surface area contributed by atoms with Crippen LogP contribution in [-0.2, 0) is 22.7 Å². The highest BCUT2D eigenvalue weighted by atomic mass is 79.9. The Bertz CT molecular complexity index is 1730. The zero-order chi connectivity index (χ0) is 32.9. The van der Waals surface area contributed by atoms with Crippen molar-refractivity contribution in [2.75, 3.05) is 28.4 Å². The molecule has 5 rings (SSSR count). The fraction of sp³-hybridized carbons (Fsp3) is 0.171. The van der Waals surface area contributed by atoms with Gasteiger partial charge in [-0.2, -0.15) is 0 Å². The van der Waals surface area contributed by atoms with Crippen molar-refractivity contribution in [3.63, 3.8) is 0 Å². The van der Waals surface area contributed by atoms with E-state index in [1.807, 2.05) is 66.0 Å². The quantitative estimate of drug-likeness (QED) is 0.126. The van der Waals surface area contributed by atoms with Crippen molar-refractivity contribution in [1.29, 1.82) is 0 Å². The zero-order valence-corrected chi connectivity index (χ0v) is 28.1. The number of nitrogens with zero attached hydrogens (tertiary/aromatic N) is 1. The molecule has 0 saturated carbocycles. The maximum Gasteiger partial charge on any atom is 0.339 e. The molecular formula is C35H32BrNO8S. The van der Waals surface area contributed by atoms with Crippen molar-refractivity contribution >= 4 is 39.2 Å². The van der Waals surface area contributed by atoms with Crippen LogP contribution in [-0.4, -0.2) is 45.4 Å². The molecule has 0 amide bonds. The molecule has 0 unspecified atom stereocenters. The number of hydrogen-bond acceptors (Lipinski definition) is 10. The smallest absolute Gasteiger partial charge is 0.339 e. The molecule has 0 aliphatic rings. The third-order valence-corrected chi connectivity index (χ3v) is 7.97. The molecule has 0 bridgehead atoms. The number of halogens is 1. The van der Waals surface area contributed by atoms with Gasteiger partial charge in [-0.1, -0.05) is 60.7 Å². The average molecular weight is 707 g/mol. The van der Waals surface area contributed by atoms with Crippen LogP contribution >= 0.6 is 27.3 Å². The summed E-state index contributed by atoms with van der Waals surface area (Å²) in [6, 6.07) is 26.2. The zero-order valence-electron chi connectivity index (χ0n) is 25.7. The lowest BCUT2D eigenvalue weighted by Gasteiger charge is -2.14. The summed E-state index contributed by atoms with van der Waals surface area (Å²) in [5.41, 5.74) is 3.49. The first kappa shape index (κ1) is 34.0. The topological polar surface area (TPSA) is 102 Å². The lowest BCUT2D eigenvalue weighted by atomic mass is 10.1. The van der Waals surface area contributed by atoms with Gasteiger partial charge in [0.15, 0.2) is 23.0 Å². The number of carbonyl (C=O) groups excluding carboxylic acids is 2. The fourth-order valence-corrected chi connectivity index (χ4v) is 5.34. The van der Waals surface area contributed by atoms with Crippen LogP contribution in [0.3, 0.4) is 0 Å². The number of benzene rings is 4. The van der Waals surface area contributed by atoms with E-state index in [-0.39, 0.29) is 0 Å². The lowest BCUT2D eigenvalue weighted by molar-refractivity contribution is 0.0591. The summed E-state index contributed by atoms with van der Waals surface area (Å²) in [4.78, 5) is 28.2. The highest BCUT2D eigenvalue weighted by Crippen LogP contribution is 2.38. The van der Waals surface area contributed by atoms with Gasteiger partial charge >= 0.3 is 11.9 Å². The summed E-state index contributed by atoms with van der Waals surface area (Å²) < 4.78 is 32.6. The summed E-state index contributed by atoms with van der Waals surface area (Å²) >= 11 is 4.76. The molecule has 1 heterocycles. The first-order valence-electron chi connectivity index (χ1n) is 13.9. The number of aromatic nitrogens is 1. The second kappa shape index (κ2) is 17.0. The van der Waals surface area contributed by atoms with Crippen molar-refractivity contribution in [2.24, 2.45) is 0 Å². The van der Waals surface area contributed by atoms with E-state index in [0.717, 1.165) is 11.1 Å². The van der Waals surface area contributed by atoms with Crippen molar-refractivity contribution < 1.29 is 38.0 Å². The summed E-state index contributed by atoms with van der Waals surface area (Å²) in [5, 5.41) is 2.57. The standard InChI is InChI=1S/C19H17NO4S.C16H15BrO4/c1-22-16-10-14(18-20-8-9-25-18)15(19(21)23-2)11-17(16)24-12-13-6-4-3-5-7-13;1-19-14-9-13(17)12(16(18)20-2)8-15(14)21-10-11-6-4-3-5-7-11/h3-11H,12H2,1-2H3;3-9H,10H2,1-2H3. The molecule has 11 heteroatoms. The Kier molecular flexibility index (Phi) is 12.6. The fourth-order valence-electron chi connectivity index (χ4n) is 4.19. The Balaban J connectivity index is 0.000000212. The molecule has 0 N–H and O–H groups in total. The van der Waals surface area contributed by atoms with Gasteiger partial charge in [0.2, 0.25) is 0 Å². The molecule has 0 spiro atoms. The van der Waals surface area contributed by atoms with Crippen molar-refractivity contribution in [1.82, 2.24) is 4.98 Å². The number of carbonyl (C=O) groups is 2. The van der Waals surface area contributed by atoms with Crippen LogP contribution in [0.25, 0.3) is 10.6 Å². The van der Waals surface area contributed by atoms with Crippen LogP contribution in [0.4, 0.5) is 0 Å². The van der Waals surface area contributed by atoms with Gasteiger partial charge in [0, 0.05) is 21.6 Å². The highest BCUT2D eigenvalue weighted by Gasteiger charge is 2.20. The second-order valence-corrected chi connectivity index (χ2v) is 11.1. The summed E-state index contributed by atoms with van der Waals surface area (Å²) in [6.07, 6.45) is 1.69. The number of hydrogen-bond donors (Lipinski definition) is 0. The molecule has 46 heavy (non-hydrogen) atoms. The Hall–Kier alpha value is -4.87. The number of thiazole rings is 1. The van der Waals surface area contributed by atoms with Gasteiger partial charge in [-0.05, 0) is 51.3 Å². The molecule has 0 atom stereocenters. The normalized spacial score (nSPS) is 10.2. The van der Waals surface area contributed by atoms with E-state index < -0.39 is 11.9 Å². The van der Waals surface area contributed by atoms with Crippen LogP contribution in [0.15, 0.2) is 101 Å². The molecule has 0 aliphatic carbocycles. The summed E-state index contributed by atoms with van der Waals surface area (Å²) in [5.74, 6) is 1.17. The predicted octanol–water partition coefficient (Wildman–Crippen LogP) is 8.01. The van der Waals surface area contributed by atoms with Crippen LogP contribution in [0.5, 0.6) is 23.0 Å². The van der Waals surface area contributed by atoms with Crippen LogP contribution < -0.4 is 18.9 Å². The molecule has 0 aliphatic heterocycles. The molecule has 5 aromatic rings. The van der Waals surface area contributed by atoms with Gasteiger partial charge in [-0.25, -0.2) is 14.6 Å². The Morgan fingerprint density at radius 1 is 0.674 bits per heavy atom. The summed E-state index contributed by atoms with van der Waals surface area (Å²) in [7, 11) is 5.80. The van der Waals surface area contributed by atoms with Crippen LogP contribution in [0.2, 0.25) is 0 Å². The second-order valence-electron chi connectivity index (χ2n) is 9.40. The predicted molar refractivity (Wildman–Crippen MR) is 179 cm³/mol. The number of esters is 2. The first-order chi connectivity index (χ1) is 22.4. The number of ether oxygens (including phenoxy) is 6. The van der Waals surface area contributed by atoms with E-state index in [9.17, 15) is 9.59 Å². The molecule has 1 aromatic heterocycles. The molecule has 4 aromatic carbocycles. The van der Waals surface area contributed by atoms with Gasteiger partial charge < -0.3 is 28.4 Å². The Labute approximate surface area is 279 Å². The van der Waals surface area contributed by atoms with Crippen molar-refractivity contribution in [3.8, 4) is 33.6 Å². The Morgan fingerprint density at radius 2 is 1.17 bits per heavy atom. The maximum absolute atomic E-state index is 12.2. The number of rotatable bonds is 11. The maximum atomic E-state index is 12.2. The molecule has 0 radical (unpaired) electrons. The average Bonchev–Trinajstić information content (AvgIpc) is 3.65. The van der Waals surface area contributed by atoms with Gasteiger partial charge in [-0.3, -0.25) is 0 Å².